The highest BCUT2D eigenvalue weighted by Crippen LogP contribution is 2.31. The number of pyridine rings is 1. The molecular formula is C18H15N5O3S. The van der Waals surface area contributed by atoms with E-state index in [1.54, 1.807) is 15.3 Å². The van der Waals surface area contributed by atoms with Gasteiger partial charge in [0.2, 0.25) is 5.16 Å². The van der Waals surface area contributed by atoms with Gasteiger partial charge in [-0.1, -0.05) is 11.8 Å². The molecule has 0 radical (unpaired) electrons. The third-order valence-electron chi connectivity index (χ3n) is 4.49. The number of rotatable bonds is 2. The zero-order valence-corrected chi connectivity index (χ0v) is 15.5. The maximum atomic E-state index is 13.2. The largest absolute Gasteiger partial charge is 0.486 e. The van der Waals surface area contributed by atoms with E-state index < -0.39 is 0 Å². The number of nitrogens with zero attached hydrogens (tertiary/aromatic N) is 5. The average Bonchev–Trinajstić information content (AvgIpc) is 3.11. The van der Waals surface area contributed by atoms with E-state index in [1.165, 1.54) is 11.8 Å². The molecule has 4 heterocycles. The van der Waals surface area contributed by atoms with Crippen LogP contribution in [0.3, 0.4) is 0 Å². The fourth-order valence-electron chi connectivity index (χ4n) is 3.24. The summed E-state index contributed by atoms with van der Waals surface area (Å²) in [7, 11) is 0. The molecule has 136 valence electrons. The van der Waals surface area contributed by atoms with Crippen LogP contribution in [0.4, 0.5) is 0 Å². The third kappa shape index (κ3) is 2.46. The first-order valence-corrected chi connectivity index (χ1v) is 9.61. The van der Waals surface area contributed by atoms with Crippen molar-refractivity contribution in [3.63, 3.8) is 0 Å². The molecule has 4 aromatic rings. The summed E-state index contributed by atoms with van der Waals surface area (Å²) in [5.41, 5.74) is 1.84. The predicted octanol–water partition coefficient (Wildman–Crippen LogP) is 2.23. The summed E-state index contributed by atoms with van der Waals surface area (Å²) in [4.78, 5) is 22.0. The van der Waals surface area contributed by atoms with Gasteiger partial charge in [0.1, 0.15) is 13.2 Å². The van der Waals surface area contributed by atoms with Gasteiger partial charge in [0.25, 0.3) is 11.3 Å². The number of thioether (sulfide) groups is 1. The number of hydrogen-bond donors (Lipinski definition) is 0. The molecule has 1 aliphatic heterocycles. The van der Waals surface area contributed by atoms with Gasteiger partial charge in [-0.15, -0.1) is 5.10 Å². The minimum absolute atomic E-state index is 0.169. The quantitative estimate of drug-likeness (QED) is 0.492. The monoisotopic (exact) mass is 381 g/mol. The van der Waals surface area contributed by atoms with Crippen LogP contribution in [0.1, 0.15) is 5.69 Å². The second-order valence-electron chi connectivity index (χ2n) is 6.09. The smallest absolute Gasteiger partial charge is 0.266 e. The Morgan fingerprint density at radius 1 is 1.11 bits per heavy atom. The molecule has 0 saturated heterocycles. The van der Waals surface area contributed by atoms with Crippen LogP contribution < -0.4 is 15.0 Å². The summed E-state index contributed by atoms with van der Waals surface area (Å²) >= 11 is 1.43. The molecule has 5 rings (SSSR count). The second kappa shape index (κ2) is 5.98. The number of aryl methyl sites for hydroxylation is 1. The lowest BCUT2D eigenvalue weighted by Gasteiger charge is -2.19. The Morgan fingerprint density at radius 3 is 2.74 bits per heavy atom. The van der Waals surface area contributed by atoms with Crippen molar-refractivity contribution in [3.8, 4) is 17.2 Å². The Hall–Kier alpha value is -3.07. The number of aromatic nitrogens is 5. The van der Waals surface area contributed by atoms with Crippen LogP contribution in [-0.4, -0.2) is 43.6 Å². The zero-order valence-electron chi connectivity index (χ0n) is 14.7. The maximum Gasteiger partial charge on any atom is 0.266 e. The summed E-state index contributed by atoms with van der Waals surface area (Å²) < 4.78 is 14.4. The van der Waals surface area contributed by atoms with Gasteiger partial charge in [0, 0.05) is 12.3 Å². The van der Waals surface area contributed by atoms with Gasteiger partial charge < -0.3 is 9.47 Å². The van der Waals surface area contributed by atoms with Crippen LogP contribution in [0.2, 0.25) is 0 Å². The minimum Gasteiger partial charge on any atom is -0.486 e. The van der Waals surface area contributed by atoms with Gasteiger partial charge in [-0.3, -0.25) is 9.36 Å². The van der Waals surface area contributed by atoms with E-state index in [0.29, 0.717) is 57.9 Å². The summed E-state index contributed by atoms with van der Waals surface area (Å²) in [5, 5.41) is 5.55. The number of fused-ring (bicyclic) bond motifs is 4. The summed E-state index contributed by atoms with van der Waals surface area (Å²) in [6.45, 7) is 2.83. The van der Waals surface area contributed by atoms with Crippen LogP contribution in [0, 0.1) is 6.92 Å². The average molecular weight is 381 g/mol. The molecule has 1 aromatic carbocycles. The molecule has 8 nitrogen and oxygen atoms in total. The predicted molar refractivity (Wildman–Crippen MR) is 101 cm³/mol. The van der Waals surface area contributed by atoms with Crippen LogP contribution in [0.25, 0.3) is 22.4 Å². The van der Waals surface area contributed by atoms with Gasteiger partial charge >= 0.3 is 0 Å². The van der Waals surface area contributed by atoms with Crippen LogP contribution >= 0.6 is 11.8 Å². The Bertz CT molecular complexity index is 1260. The van der Waals surface area contributed by atoms with E-state index >= 15 is 0 Å². The summed E-state index contributed by atoms with van der Waals surface area (Å²) in [5.74, 6) is 1.81. The highest BCUT2D eigenvalue weighted by molar-refractivity contribution is 7.98. The Balaban J connectivity index is 1.75. The van der Waals surface area contributed by atoms with Crippen molar-refractivity contribution < 1.29 is 9.47 Å². The fraction of sp³-hybridized carbons (Fsp3) is 0.222. The molecular weight excluding hydrogens is 366 g/mol. The molecule has 0 bridgehead atoms. The minimum atomic E-state index is -0.169. The number of hydrogen-bond acceptors (Lipinski definition) is 7. The highest BCUT2D eigenvalue weighted by Gasteiger charge is 2.17. The first-order chi connectivity index (χ1) is 13.2. The molecule has 1 aliphatic rings. The lowest BCUT2D eigenvalue weighted by Crippen LogP contribution is -2.21. The van der Waals surface area contributed by atoms with Crippen molar-refractivity contribution >= 4 is 28.4 Å². The van der Waals surface area contributed by atoms with E-state index in [4.69, 9.17) is 9.47 Å². The molecule has 27 heavy (non-hydrogen) atoms. The van der Waals surface area contributed by atoms with Crippen LogP contribution in [-0.2, 0) is 0 Å². The van der Waals surface area contributed by atoms with E-state index in [0.717, 1.165) is 0 Å². The SMILES string of the molecule is CSc1nc2nc(C)c3c(=O)n(-c4ccc5c(c4)OCCO5)ccc3n2n1. The molecule has 9 heteroatoms. The standard InChI is InChI=1S/C18H15N5O3S/c1-10-15-12(23-17(19-10)20-18(21-23)27-2)5-6-22(16(15)24)11-3-4-13-14(9-11)26-8-7-25-13/h3-6,9H,7-8H2,1-2H3. The van der Waals surface area contributed by atoms with Crippen molar-refractivity contribution in [1.29, 1.82) is 0 Å². The van der Waals surface area contributed by atoms with E-state index in [2.05, 4.69) is 15.1 Å². The Morgan fingerprint density at radius 2 is 1.93 bits per heavy atom. The number of ether oxygens (including phenoxy) is 2. The van der Waals surface area contributed by atoms with Gasteiger partial charge in [0.05, 0.1) is 22.3 Å². The van der Waals surface area contributed by atoms with Crippen molar-refractivity contribution in [2.24, 2.45) is 0 Å². The highest BCUT2D eigenvalue weighted by atomic mass is 32.2. The van der Waals surface area contributed by atoms with Gasteiger partial charge in [-0.05, 0) is 31.4 Å². The van der Waals surface area contributed by atoms with Crippen LogP contribution in [0.5, 0.6) is 11.5 Å². The van der Waals surface area contributed by atoms with Gasteiger partial charge in [-0.25, -0.2) is 4.98 Å². The number of benzene rings is 1. The van der Waals surface area contributed by atoms with Crippen LogP contribution in [0.15, 0.2) is 40.4 Å². The molecule has 0 aliphatic carbocycles. The second-order valence-corrected chi connectivity index (χ2v) is 6.86. The van der Waals surface area contributed by atoms with E-state index in [1.807, 2.05) is 37.4 Å². The maximum absolute atomic E-state index is 13.2. The Kier molecular flexibility index (Phi) is 3.57. The molecule has 0 spiro atoms. The van der Waals surface area contributed by atoms with Gasteiger partial charge in [0.15, 0.2) is 11.5 Å². The molecule has 3 aromatic heterocycles. The molecule has 0 unspecified atom stereocenters. The third-order valence-corrected chi connectivity index (χ3v) is 5.02. The van der Waals surface area contributed by atoms with Crippen molar-refractivity contribution in [1.82, 2.24) is 24.1 Å². The molecule has 0 atom stereocenters. The van der Waals surface area contributed by atoms with Crippen molar-refractivity contribution in [2.45, 2.75) is 12.1 Å². The first-order valence-electron chi connectivity index (χ1n) is 8.38. The Labute approximate surface area is 157 Å². The molecule has 0 saturated carbocycles. The molecule has 0 fully saturated rings. The first kappa shape index (κ1) is 16.1. The lowest BCUT2D eigenvalue weighted by atomic mass is 10.2. The normalized spacial score (nSPS) is 13.4. The van der Waals surface area contributed by atoms with E-state index in [-0.39, 0.29) is 5.56 Å². The summed E-state index contributed by atoms with van der Waals surface area (Å²) in [6.07, 6.45) is 3.63. The van der Waals surface area contributed by atoms with Gasteiger partial charge in [-0.2, -0.15) is 9.50 Å². The topological polar surface area (TPSA) is 83.5 Å². The van der Waals surface area contributed by atoms with Crippen molar-refractivity contribution in [2.75, 3.05) is 19.5 Å². The lowest BCUT2D eigenvalue weighted by molar-refractivity contribution is 0.171. The zero-order chi connectivity index (χ0) is 18.5. The molecule has 0 N–H and O–H groups in total. The summed E-state index contributed by atoms with van der Waals surface area (Å²) in [6, 6.07) is 7.32. The van der Waals surface area contributed by atoms with E-state index in [9.17, 15) is 4.79 Å². The van der Waals surface area contributed by atoms with Crippen molar-refractivity contribution in [3.05, 3.63) is 46.5 Å². The molecule has 0 amide bonds. The fourth-order valence-corrected chi connectivity index (χ4v) is 3.58.